The summed E-state index contributed by atoms with van der Waals surface area (Å²) in [6.45, 7) is 0. The zero-order valence-electron chi connectivity index (χ0n) is 10.1. The molecule has 0 aliphatic heterocycles. The molecule has 0 saturated heterocycles. The molecule has 2 aromatic carbocycles. The van der Waals surface area contributed by atoms with Gasteiger partial charge in [0.1, 0.15) is 12.0 Å². The first-order valence-electron chi connectivity index (χ1n) is 5.63. The minimum Gasteiger partial charge on any atom is -0.497 e. The summed E-state index contributed by atoms with van der Waals surface area (Å²) in [6, 6.07) is 15.6. The first-order chi connectivity index (χ1) is 8.81. The van der Waals surface area contributed by atoms with Crippen molar-refractivity contribution >= 4 is 18.0 Å². The minimum atomic E-state index is 0.714. The molecule has 2 nitrogen and oxygen atoms in total. The zero-order chi connectivity index (χ0) is 12.8. The van der Waals surface area contributed by atoms with Gasteiger partial charge in [-0.15, -0.1) is 11.8 Å². The Balaban J connectivity index is 2.03. The van der Waals surface area contributed by atoms with Crippen molar-refractivity contribution in [3.63, 3.8) is 0 Å². The van der Waals surface area contributed by atoms with Crippen molar-refractivity contribution in [2.45, 2.75) is 10.6 Å². The molecule has 0 bridgehead atoms. The lowest BCUT2D eigenvalue weighted by Crippen LogP contribution is -1.86. The van der Waals surface area contributed by atoms with E-state index in [1.165, 1.54) is 5.56 Å². The number of hydrogen-bond acceptors (Lipinski definition) is 3. The zero-order valence-corrected chi connectivity index (χ0v) is 10.9. The first-order valence-corrected chi connectivity index (χ1v) is 6.61. The average Bonchev–Trinajstić information content (AvgIpc) is 2.45. The van der Waals surface area contributed by atoms with Crippen LogP contribution in [0, 0.1) is 0 Å². The lowest BCUT2D eigenvalue weighted by molar-refractivity contribution is 0.112. The Bertz CT molecular complexity index is 538. The largest absolute Gasteiger partial charge is 0.497 e. The lowest BCUT2D eigenvalue weighted by Gasteiger charge is -2.05. The highest BCUT2D eigenvalue weighted by atomic mass is 32.2. The SMILES string of the molecule is COc1cccc(CSc2cccc(C=O)c2)c1. The van der Waals surface area contributed by atoms with E-state index < -0.39 is 0 Å². The molecule has 0 fully saturated rings. The van der Waals surface area contributed by atoms with Crippen molar-refractivity contribution in [3.8, 4) is 5.75 Å². The molecule has 0 heterocycles. The van der Waals surface area contributed by atoms with Gasteiger partial charge in [-0.05, 0) is 29.8 Å². The molecule has 0 N–H and O–H groups in total. The quantitative estimate of drug-likeness (QED) is 0.602. The van der Waals surface area contributed by atoms with E-state index in [1.807, 2.05) is 42.5 Å². The third kappa shape index (κ3) is 3.37. The number of carbonyl (C=O) groups is 1. The molecule has 18 heavy (non-hydrogen) atoms. The van der Waals surface area contributed by atoms with E-state index in [9.17, 15) is 4.79 Å². The van der Waals surface area contributed by atoms with E-state index >= 15 is 0 Å². The van der Waals surface area contributed by atoms with Crippen LogP contribution >= 0.6 is 11.8 Å². The Morgan fingerprint density at radius 3 is 2.78 bits per heavy atom. The third-order valence-electron chi connectivity index (χ3n) is 2.53. The van der Waals surface area contributed by atoms with Gasteiger partial charge in [-0.1, -0.05) is 24.3 Å². The Morgan fingerprint density at radius 2 is 2.00 bits per heavy atom. The van der Waals surface area contributed by atoms with Gasteiger partial charge >= 0.3 is 0 Å². The van der Waals surface area contributed by atoms with E-state index in [-0.39, 0.29) is 0 Å². The summed E-state index contributed by atoms with van der Waals surface area (Å²) >= 11 is 1.71. The number of rotatable bonds is 5. The molecule has 0 amide bonds. The van der Waals surface area contributed by atoms with Crippen LogP contribution < -0.4 is 4.74 Å². The molecule has 0 aromatic heterocycles. The number of carbonyl (C=O) groups excluding carboxylic acids is 1. The second-order valence-corrected chi connectivity index (χ2v) is 4.88. The number of thioether (sulfide) groups is 1. The highest BCUT2D eigenvalue weighted by Crippen LogP contribution is 2.24. The second kappa shape index (κ2) is 6.26. The molecular formula is C15H14O2S. The maximum absolute atomic E-state index is 10.7. The van der Waals surface area contributed by atoms with Crippen molar-refractivity contribution in [2.24, 2.45) is 0 Å². The topological polar surface area (TPSA) is 26.3 Å². The predicted octanol–water partition coefficient (Wildman–Crippen LogP) is 3.80. The third-order valence-corrected chi connectivity index (χ3v) is 3.60. The average molecular weight is 258 g/mol. The normalized spacial score (nSPS) is 10.1. The number of methoxy groups -OCH3 is 1. The van der Waals surface area contributed by atoms with E-state index in [2.05, 4.69) is 6.07 Å². The Morgan fingerprint density at radius 1 is 1.17 bits per heavy atom. The summed E-state index contributed by atoms with van der Waals surface area (Å²) < 4.78 is 5.19. The number of aldehydes is 1. The fourth-order valence-corrected chi connectivity index (χ4v) is 2.51. The Kier molecular flexibility index (Phi) is 4.42. The highest BCUT2D eigenvalue weighted by Gasteiger charge is 1.99. The summed E-state index contributed by atoms with van der Waals surface area (Å²) in [4.78, 5) is 11.8. The van der Waals surface area contributed by atoms with Crippen LogP contribution in [0.15, 0.2) is 53.4 Å². The molecule has 0 aliphatic rings. The molecule has 0 radical (unpaired) electrons. The van der Waals surface area contributed by atoms with Gasteiger partial charge in [0.2, 0.25) is 0 Å². The van der Waals surface area contributed by atoms with Gasteiger partial charge in [0.15, 0.2) is 0 Å². The standard InChI is InChI=1S/C15H14O2S/c1-17-14-6-2-5-13(8-14)11-18-15-7-3-4-12(9-15)10-16/h2-10H,11H2,1H3. The van der Waals surface area contributed by atoms with Gasteiger partial charge in [0.05, 0.1) is 7.11 Å². The lowest BCUT2D eigenvalue weighted by atomic mass is 10.2. The summed E-state index contributed by atoms with van der Waals surface area (Å²) in [5, 5.41) is 0. The first kappa shape index (κ1) is 12.7. The molecule has 0 unspecified atom stereocenters. The molecule has 0 saturated carbocycles. The minimum absolute atomic E-state index is 0.714. The van der Waals surface area contributed by atoms with Crippen molar-refractivity contribution in [1.82, 2.24) is 0 Å². The maximum atomic E-state index is 10.7. The van der Waals surface area contributed by atoms with Crippen molar-refractivity contribution in [1.29, 1.82) is 0 Å². The van der Waals surface area contributed by atoms with Crippen molar-refractivity contribution in [3.05, 3.63) is 59.7 Å². The highest BCUT2D eigenvalue weighted by molar-refractivity contribution is 7.98. The maximum Gasteiger partial charge on any atom is 0.150 e. The molecule has 0 spiro atoms. The Hall–Kier alpha value is -1.74. The number of ether oxygens (including phenoxy) is 1. The monoisotopic (exact) mass is 258 g/mol. The smallest absolute Gasteiger partial charge is 0.150 e. The molecule has 3 heteroatoms. The van der Waals surface area contributed by atoms with Crippen LogP contribution in [-0.2, 0) is 5.75 Å². The molecule has 92 valence electrons. The number of benzene rings is 2. The fraction of sp³-hybridized carbons (Fsp3) is 0.133. The van der Waals surface area contributed by atoms with Gasteiger partial charge < -0.3 is 4.74 Å². The van der Waals surface area contributed by atoms with Crippen LogP contribution in [0.1, 0.15) is 15.9 Å². The van der Waals surface area contributed by atoms with E-state index in [1.54, 1.807) is 18.9 Å². The molecule has 2 aromatic rings. The summed E-state index contributed by atoms with van der Waals surface area (Å²) in [5.41, 5.74) is 1.92. The molecular weight excluding hydrogens is 244 g/mol. The van der Waals surface area contributed by atoms with Gasteiger partial charge in [0.25, 0.3) is 0 Å². The van der Waals surface area contributed by atoms with E-state index in [4.69, 9.17) is 4.74 Å². The van der Waals surface area contributed by atoms with Crippen LogP contribution in [0.4, 0.5) is 0 Å². The van der Waals surface area contributed by atoms with Crippen LogP contribution in [0.5, 0.6) is 5.75 Å². The Labute approximate surface area is 111 Å². The van der Waals surface area contributed by atoms with Gasteiger partial charge in [-0.3, -0.25) is 4.79 Å². The van der Waals surface area contributed by atoms with Crippen molar-refractivity contribution < 1.29 is 9.53 Å². The van der Waals surface area contributed by atoms with Crippen LogP contribution in [0.2, 0.25) is 0 Å². The molecule has 0 atom stereocenters. The van der Waals surface area contributed by atoms with Crippen molar-refractivity contribution in [2.75, 3.05) is 7.11 Å². The number of hydrogen-bond donors (Lipinski definition) is 0. The van der Waals surface area contributed by atoms with E-state index in [0.29, 0.717) is 5.56 Å². The van der Waals surface area contributed by atoms with Gasteiger partial charge in [0, 0.05) is 16.2 Å². The molecule has 2 rings (SSSR count). The van der Waals surface area contributed by atoms with Gasteiger partial charge in [-0.2, -0.15) is 0 Å². The summed E-state index contributed by atoms with van der Waals surface area (Å²) in [7, 11) is 1.67. The fourth-order valence-electron chi connectivity index (χ4n) is 1.61. The van der Waals surface area contributed by atoms with E-state index in [0.717, 1.165) is 22.7 Å². The van der Waals surface area contributed by atoms with Gasteiger partial charge in [-0.25, -0.2) is 0 Å². The second-order valence-electron chi connectivity index (χ2n) is 3.83. The summed E-state index contributed by atoms with van der Waals surface area (Å²) in [5.74, 6) is 1.73. The summed E-state index contributed by atoms with van der Waals surface area (Å²) in [6.07, 6.45) is 0.871. The van der Waals surface area contributed by atoms with Crippen LogP contribution in [0.25, 0.3) is 0 Å². The van der Waals surface area contributed by atoms with Crippen LogP contribution in [0.3, 0.4) is 0 Å². The molecule has 0 aliphatic carbocycles. The van der Waals surface area contributed by atoms with Crippen LogP contribution in [-0.4, -0.2) is 13.4 Å². The predicted molar refractivity (Wildman–Crippen MR) is 74.4 cm³/mol.